The molecule has 4 aromatic rings. The molecule has 0 fully saturated rings. The third-order valence-electron chi connectivity index (χ3n) is 4.86. The molecule has 3 heterocycles. The fraction of sp³-hybridized carbons (Fsp3) is 0.0455. The minimum atomic E-state index is -0.605. The Kier molecular flexibility index (Phi) is 3.87. The van der Waals surface area contributed by atoms with E-state index in [0.717, 1.165) is 10.0 Å². The topological polar surface area (TPSA) is 63.4 Å². The van der Waals surface area contributed by atoms with Gasteiger partial charge < -0.3 is 4.42 Å². The summed E-state index contributed by atoms with van der Waals surface area (Å²) in [4.78, 5) is 32.5. The number of pyridine rings is 1. The Hall–Kier alpha value is -3.25. The van der Waals surface area contributed by atoms with Gasteiger partial charge in [0.15, 0.2) is 5.43 Å². The number of anilines is 1. The van der Waals surface area contributed by atoms with E-state index < -0.39 is 6.04 Å². The van der Waals surface area contributed by atoms with Gasteiger partial charge in [0.1, 0.15) is 11.4 Å². The van der Waals surface area contributed by atoms with Crippen LogP contribution in [0.4, 0.5) is 5.82 Å². The quantitative estimate of drug-likeness (QED) is 0.460. The fourth-order valence-corrected chi connectivity index (χ4v) is 3.88. The first-order valence-corrected chi connectivity index (χ1v) is 9.50. The van der Waals surface area contributed by atoms with Crippen LogP contribution in [0.5, 0.6) is 0 Å². The zero-order valence-electron chi connectivity index (χ0n) is 14.5. The van der Waals surface area contributed by atoms with Crippen LogP contribution in [0.25, 0.3) is 11.0 Å². The average molecular weight is 433 g/mol. The van der Waals surface area contributed by atoms with Gasteiger partial charge in [-0.15, -0.1) is 0 Å². The van der Waals surface area contributed by atoms with E-state index in [4.69, 9.17) is 4.42 Å². The van der Waals surface area contributed by atoms with E-state index in [1.165, 1.54) is 4.90 Å². The van der Waals surface area contributed by atoms with Crippen molar-refractivity contribution in [2.75, 3.05) is 4.90 Å². The number of rotatable bonds is 2. The van der Waals surface area contributed by atoms with Crippen LogP contribution in [0.1, 0.15) is 27.7 Å². The Morgan fingerprint density at radius 1 is 0.929 bits per heavy atom. The number of carbonyl (C=O) groups excluding carboxylic acids is 1. The summed E-state index contributed by atoms with van der Waals surface area (Å²) in [6.07, 6.45) is 1.62. The van der Waals surface area contributed by atoms with Crippen molar-refractivity contribution in [2.45, 2.75) is 6.04 Å². The summed E-state index contributed by atoms with van der Waals surface area (Å²) in [5.41, 5.74) is 1.36. The van der Waals surface area contributed by atoms with Crippen molar-refractivity contribution in [3.8, 4) is 0 Å². The Balaban J connectivity index is 1.83. The van der Waals surface area contributed by atoms with Crippen molar-refractivity contribution >= 4 is 38.6 Å². The molecule has 2 aromatic heterocycles. The molecule has 6 heteroatoms. The monoisotopic (exact) mass is 432 g/mol. The van der Waals surface area contributed by atoms with Crippen LogP contribution in [0, 0.1) is 0 Å². The normalized spacial score (nSPS) is 15.8. The first kappa shape index (κ1) is 16.9. The standard InChI is InChI=1S/C22H13BrN2O3/c23-14-10-8-13(9-11-14)19-18-20(26)15-5-1-2-6-16(15)28-21(18)22(27)25(19)17-7-3-4-12-24-17/h1-12,19H. The number of hydrogen-bond donors (Lipinski definition) is 0. The van der Waals surface area contributed by atoms with Crippen LogP contribution in [-0.2, 0) is 0 Å². The van der Waals surface area contributed by atoms with Gasteiger partial charge in [-0.25, -0.2) is 4.98 Å². The van der Waals surface area contributed by atoms with Crippen LogP contribution in [0.3, 0.4) is 0 Å². The van der Waals surface area contributed by atoms with E-state index >= 15 is 0 Å². The fourth-order valence-electron chi connectivity index (χ4n) is 3.61. The van der Waals surface area contributed by atoms with Crippen LogP contribution in [0.15, 0.2) is 86.6 Å². The molecule has 1 aliphatic rings. The maximum atomic E-state index is 13.3. The first-order chi connectivity index (χ1) is 13.6. The van der Waals surface area contributed by atoms with E-state index in [0.29, 0.717) is 22.4 Å². The third-order valence-corrected chi connectivity index (χ3v) is 5.39. The van der Waals surface area contributed by atoms with Crippen molar-refractivity contribution in [3.63, 3.8) is 0 Å². The highest BCUT2D eigenvalue weighted by Crippen LogP contribution is 2.40. The molecule has 1 unspecified atom stereocenters. The number of halogens is 1. The minimum absolute atomic E-state index is 0.0715. The van der Waals surface area contributed by atoms with Gasteiger partial charge in [0.05, 0.1) is 17.0 Å². The van der Waals surface area contributed by atoms with Crippen molar-refractivity contribution in [1.29, 1.82) is 0 Å². The SMILES string of the molecule is O=C1c2oc3ccccc3c(=O)c2C(c2ccc(Br)cc2)N1c1ccccn1. The zero-order chi connectivity index (χ0) is 19.3. The number of carbonyl (C=O) groups is 1. The van der Waals surface area contributed by atoms with Crippen LogP contribution < -0.4 is 10.3 Å². The average Bonchev–Trinajstić information content (AvgIpc) is 3.02. The number of aromatic nitrogens is 1. The Morgan fingerprint density at radius 2 is 1.68 bits per heavy atom. The summed E-state index contributed by atoms with van der Waals surface area (Å²) in [6, 6.07) is 19.3. The molecular weight excluding hydrogens is 420 g/mol. The second kappa shape index (κ2) is 6.42. The van der Waals surface area contributed by atoms with Gasteiger partial charge in [-0.05, 0) is 42.0 Å². The third kappa shape index (κ3) is 2.49. The Bertz CT molecular complexity index is 1270. The lowest BCUT2D eigenvalue weighted by molar-refractivity contribution is 0.0970. The van der Waals surface area contributed by atoms with Gasteiger partial charge >= 0.3 is 0 Å². The molecule has 0 aliphatic carbocycles. The molecular formula is C22H13BrN2O3. The van der Waals surface area contributed by atoms with E-state index in [1.54, 1.807) is 42.6 Å². The molecule has 1 amide bonds. The summed E-state index contributed by atoms with van der Waals surface area (Å²) < 4.78 is 6.81. The Labute approximate surface area is 168 Å². The van der Waals surface area contributed by atoms with Crippen molar-refractivity contribution in [3.05, 3.63) is 105 Å². The van der Waals surface area contributed by atoms with E-state index in [2.05, 4.69) is 20.9 Å². The van der Waals surface area contributed by atoms with Crippen LogP contribution >= 0.6 is 15.9 Å². The number of fused-ring (bicyclic) bond motifs is 2. The van der Waals surface area contributed by atoms with Gasteiger partial charge in [0, 0.05) is 10.7 Å². The number of amides is 1. The molecule has 136 valence electrons. The maximum Gasteiger partial charge on any atom is 0.296 e. The lowest BCUT2D eigenvalue weighted by atomic mass is 9.98. The Morgan fingerprint density at radius 3 is 2.43 bits per heavy atom. The number of para-hydroxylation sites is 1. The van der Waals surface area contributed by atoms with Gasteiger partial charge in [-0.2, -0.15) is 0 Å². The summed E-state index contributed by atoms with van der Waals surface area (Å²) in [6.45, 7) is 0. The number of nitrogens with zero attached hydrogens (tertiary/aromatic N) is 2. The van der Waals surface area contributed by atoms with E-state index in [-0.39, 0.29) is 17.1 Å². The molecule has 1 atom stereocenters. The van der Waals surface area contributed by atoms with E-state index in [9.17, 15) is 9.59 Å². The maximum absolute atomic E-state index is 13.3. The number of benzene rings is 2. The van der Waals surface area contributed by atoms with Crippen LogP contribution in [0.2, 0.25) is 0 Å². The lowest BCUT2D eigenvalue weighted by Gasteiger charge is -2.24. The summed E-state index contributed by atoms with van der Waals surface area (Å²) >= 11 is 3.43. The first-order valence-electron chi connectivity index (χ1n) is 8.71. The molecule has 2 aromatic carbocycles. The van der Waals surface area contributed by atoms with Crippen molar-refractivity contribution in [2.24, 2.45) is 0 Å². The van der Waals surface area contributed by atoms with Gasteiger partial charge in [-0.1, -0.05) is 46.3 Å². The molecule has 0 radical (unpaired) electrons. The molecule has 0 N–H and O–H groups in total. The molecule has 5 rings (SSSR count). The summed E-state index contributed by atoms with van der Waals surface area (Å²) in [5.74, 6) is 0.169. The van der Waals surface area contributed by atoms with E-state index in [1.807, 2.05) is 30.3 Å². The van der Waals surface area contributed by atoms with Gasteiger partial charge in [-0.3, -0.25) is 14.5 Å². The highest BCUT2D eigenvalue weighted by Gasteiger charge is 2.44. The predicted octanol–water partition coefficient (Wildman–Crippen LogP) is 4.70. The molecule has 0 saturated heterocycles. The van der Waals surface area contributed by atoms with Crippen molar-refractivity contribution in [1.82, 2.24) is 4.98 Å². The molecule has 1 aliphatic heterocycles. The summed E-state index contributed by atoms with van der Waals surface area (Å²) in [5, 5.41) is 0.457. The second-order valence-corrected chi connectivity index (χ2v) is 7.40. The number of hydrogen-bond acceptors (Lipinski definition) is 4. The molecule has 0 spiro atoms. The van der Waals surface area contributed by atoms with Gasteiger partial charge in [0.25, 0.3) is 5.91 Å². The molecule has 5 nitrogen and oxygen atoms in total. The molecule has 0 saturated carbocycles. The molecule has 0 bridgehead atoms. The van der Waals surface area contributed by atoms with Gasteiger partial charge in [0.2, 0.25) is 5.76 Å². The summed E-state index contributed by atoms with van der Waals surface area (Å²) in [7, 11) is 0. The lowest BCUT2D eigenvalue weighted by Crippen LogP contribution is -2.30. The molecule has 28 heavy (non-hydrogen) atoms. The van der Waals surface area contributed by atoms with Crippen molar-refractivity contribution < 1.29 is 9.21 Å². The minimum Gasteiger partial charge on any atom is -0.450 e. The highest BCUT2D eigenvalue weighted by molar-refractivity contribution is 9.10. The predicted molar refractivity (Wildman–Crippen MR) is 110 cm³/mol. The van der Waals surface area contributed by atoms with Crippen LogP contribution in [-0.4, -0.2) is 10.9 Å². The zero-order valence-corrected chi connectivity index (χ0v) is 16.1. The smallest absolute Gasteiger partial charge is 0.296 e. The largest absolute Gasteiger partial charge is 0.450 e. The highest BCUT2D eigenvalue weighted by atomic mass is 79.9. The second-order valence-electron chi connectivity index (χ2n) is 6.49.